The van der Waals surface area contributed by atoms with Gasteiger partial charge in [-0.1, -0.05) is 12.8 Å². The van der Waals surface area contributed by atoms with Crippen LogP contribution in [0.25, 0.3) is 0 Å². The van der Waals surface area contributed by atoms with Crippen molar-refractivity contribution in [2.45, 2.75) is 62.3 Å². The van der Waals surface area contributed by atoms with E-state index in [9.17, 15) is 8.42 Å². The SMILES string of the molecule is Cc1csc(CCl)c1S(=O)(=O)N1CCC[C@H]2CCCC[C@H]21. The van der Waals surface area contributed by atoms with Crippen LogP contribution in [0.15, 0.2) is 10.3 Å². The number of rotatable bonds is 3. The van der Waals surface area contributed by atoms with Crippen molar-refractivity contribution in [1.82, 2.24) is 4.31 Å². The Kier molecular flexibility index (Phi) is 4.65. The molecule has 1 aromatic heterocycles. The Balaban J connectivity index is 1.98. The molecule has 0 bridgehead atoms. The van der Waals surface area contributed by atoms with Gasteiger partial charge in [0, 0.05) is 17.5 Å². The number of aryl methyl sites for hydroxylation is 1. The van der Waals surface area contributed by atoms with Crippen molar-refractivity contribution in [2.24, 2.45) is 5.92 Å². The molecule has 2 heterocycles. The van der Waals surface area contributed by atoms with Crippen molar-refractivity contribution in [3.63, 3.8) is 0 Å². The van der Waals surface area contributed by atoms with E-state index in [4.69, 9.17) is 11.6 Å². The number of hydrogen-bond acceptors (Lipinski definition) is 3. The van der Waals surface area contributed by atoms with Gasteiger partial charge in [0.2, 0.25) is 10.0 Å². The Morgan fingerprint density at radius 1 is 1.29 bits per heavy atom. The van der Waals surface area contributed by atoms with Crippen molar-refractivity contribution in [2.75, 3.05) is 6.54 Å². The molecule has 1 saturated carbocycles. The zero-order chi connectivity index (χ0) is 15.0. The summed E-state index contributed by atoms with van der Waals surface area (Å²) in [6.45, 7) is 2.54. The summed E-state index contributed by atoms with van der Waals surface area (Å²) in [5.41, 5.74) is 0.841. The molecule has 0 radical (unpaired) electrons. The second-order valence-corrected chi connectivity index (χ2v) is 9.23. The highest BCUT2D eigenvalue weighted by molar-refractivity contribution is 7.89. The smallest absolute Gasteiger partial charge is 0.207 e. The molecule has 1 aliphatic heterocycles. The average molecular weight is 348 g/mol. The lowest BCUT2D eigenvalue weighted by Gasteiger charge is -2.43. The first-order chi connectivity index (χ1) is 10.1. The number of sulfonamides is 1. The maximum absolute atomic E-state index is 13.2. The van der Waals surface area contributed by atoms with Gasteiger partial charge in [0.15, 0.2) is 0 Å². The van der Waals surface area contributed by atoms with E-state index in [1.165, 1.54) is 30.6 Å². The number of nitrogens with zero attached hydrogens (tertiary/aromatic N) is 1. The van der Waals surface area contributed by atoms with E-state index in [2.05, 4.69) is 0 Å². The standard InChI is InChI=1S/C15H22ClNO2S2/c1-11-10-20-14(9-16)15(11)21(18,19)17-8-4-6-12-5-2-3-7-13(12)17/h10,12-13H,2-9H2,1H3/t12-,13-/m1/s1. The van der Waals surface area contributed by atoms with E-state index in [-0.39, 0.29) is 11.9 Å². The Morgan fingerprint density at radius 2 is 2.00 bits per heavy atom. The van der Waals surface area contributed by atoms with Crippen molar-refractivity contribution < 1.29 is 8.42 Å². The van der Waals surface area contributed by atoms with E-state index in [0.717, 1.165) is 29.7 Å². The van der Waals surface area contributed by atoms with Gasteiger partial charge in [-0.2, -0.15) is 4.31 Å². The van der Waals surface area contributed by atoms with Crippen LogP contribution < -0.4 is 0 Å². The Morgan fingerprint density at radius 3 is 2.76 bits per heavy atom. The number of thiophene rings is 1. The molecule has 2 fully saturated rings. The maximum Gasteiger partial charge on any atom is 0.244 e. The summed E-state index contributed by atoms with van der Waals surface area (Å²) < 4.78 is 28.2. The van der Waals surface area contributed by atoms with Crippen LogP contribution in [0.4, 0.5) is 0 Å². The second kappa shape index (κ2) is 6.19. The third kappa shape index (κ3) is 2.78. The lowest BCUT2D eigenvalue weighted by Crippen LogP contribution is -2.49. The lowest BCUT2D eigenvalue weighted by molar-refractivity contribution is 0.129. The van der Waals surface area contributed by atoms with Crippen molar-refractivity contribution in [3.05, 3.63) is 15.8 Å². The molecule has 118 valence electrons. The van der Waals surface area contributed by atoms with Crippen LogP contribution in [0.1, 0.15) is 49.0 Å². The first-order valence-electron chi connectivity index (χ1n) is 7.70. The number of halogens is 1. The minimum absolute atomic E-state index is 0.208. The predicted molar refractivity (Wildman–Crippen MR) is 87.5 cm³/mol. The number of fused-ring (bicyclic) bond motifs is 1. The van der Waals surface area contributed by atoms with Crippen LogP contribution in [0, 0.1) is 12.8 Å². The topological polar surface area (TPSA) is 37.4 Å². The molecule has 3 rings (SSSR count). The molecule has 0 unspecified atom stereocenters. The summed E-state index contributed by atoms with van der Waals surface area (Å²) >= 11 is 7.41. The molecule has 1 aliphatic carbocycles. The zero-order valence-electron chi connectivity index (χ0n) is 12.3. The fraction of sp³-hybridized carbons (Fsp3) is 0.733. The van der Waals surface area contributed by atoms with Gasteiger partial charge >= 0.3 is 0 Å². The summed E-state index contributed by atoms with van der Waals surface area (Å²) in [5, 5.41) is 1.91. The van der Waals surface area contributed by atoms with Gasteiger partial charge < -0.3 is 0 Å². The first-order valence-corrected chi connectivity index (χ1v) is 10.6. The molecule has 2 aliphatic rings. The number of piperidine rings is 1. The molecule has 6 heteroatoms. The average Bonchev–Trinajstić information content (AvgIpc) is 2.88. The van der Waals surface area contributed by atoms with Crippen molar-refractivity contribution >= 4 is 33.0 Å². The molecular formula is C15H22ClNO2S2. The predicted octanol–water partition coefficient (Wildman–Crippen LogP) is 4.14. The molecular weight excluding hydrogens is 326 g/mol. The lowest BCUT2D eigenvalue weighted by atomic mass is 9.79. The van der Waals surface area contributed by atoms with Crippen LogP contribution in [-0.2, 0) is 15.9 Å². The molecule has 2 atom stereocenters. The normalized spacial score (nSPS) is 27.5. The summed E-state index contributed by atoms with van der Waals surface area (Å²) in [7, 11) is -3.40. The fourth-order valence-corrected chi connectivity index (χ4v) is 7.69. The summed E-state index contributed by atoms with van der Waals surface area (Å²) in [5.74, 6) is 0.829. The van der Waals surface area contributed by atoms with E-state index in [1.54, 1.807) is 4.31 Å². The Labute approximate surface area is 136 Å². The minimum atomic E-state index is -3.40. The third-order valence-corrected chi connectivity index (χ3v) is 8.68. The number of hydrogen-bond donors (Lipinski definition) is 0. The molecule has 0 spiro atoms. The summed E-state index contributed by atoms with van der Waals surface area (Å²) in [6, 6.07) is 0.208. The van der Waals surface area contributed by atoms with Crippen LogP contribution >= 0.6 is 22.9 Å². The van der Waals surface area contributed by atoms with Crippen LogP contribution in [-0.4, -0.2) is 25.3 Å². The zero-order valence-corrected chi connectivity index (χ0v) is 14.7. The van der Waals surface area contributed by atoms with Crippen molar-refractivity contribution in [3.8, 4) is 0 Å². The van der Waals surface area contributed by atoms with E-state index >= 15 is 0 Å². The van der Waals surface area contributed by atoms with Gasteiger partial charge in [-0.3, -0.25) is 0 Å². The van der Waals surface area contributed by atoms with Gasteiger partial charge in [0.25, 0.3) is 0 Å². The third-order valence-electron chi connectivity index (χ3n) is 4.87. The Bertz CT molecular complexity index is 609. The van der Waals surface area contributed by atoms with Gasteiger partial charge in [0.05, 0.1) is 5.88 Å². The minimum Gasteiger partial charge on any atom is -0.207 e. The Hall–Kier alpha value is -0.100. The van der Waals surface area contributed by atoms with E-state index in [1.807, 2.05) is 12.3 Å². The molecule has 0 N–H and O–H groups in total. The van der Waals surface area contributed by atoms with Gasteiger partial charge in [-0.15, -0.1) is 22.9 Å². The summed E-state index contributed by atoms with van der Waals surface area (Å²) in [6.07, 6.45) is 6.77. The fourth-order valence-electron chi connectivity index (χ4n) is 3.92. The van der Waals surface area contributed by atoms with E-state index < -0.39 is 10.0 Å². The highest BCUT2D eigenvalue weighted by atomic mass is 35.5. The highest BCUT2D eigenvalue weighted by Gasteiger charge is 2.41. The van der Waals surface area contributed by atoms with Crippen LogP contribution in [0.3, 0.4) is 0 Å². The van der Waals surface area contributed by atoms with Crippen LogP contribution in [0.5, 0.6) is 0 Å². The quantitative estimate of drug-likeness (QED) is 0.770. The van der Waals surface area contributed by atoms with Gasteiger partial charge in [-0.25, -0.2) is 8.42 Å². The largest absolute Gasteiger partial charge is 0.244 e. The molecule has 1 aromatic rings. The first kappa shape index (κ1) is 15.8. The summed E-state index contributed by atoms with van der Waals surface area (Å²) in [4.78, 5) is 1.26. The van der Waals surface area contributed by atoms with Gasteiger partial charge in [0.1, 0.15) is 4.90 Å². The number of alkyl halides is 1. The van der Waals surface area contributed by atoms with E-state index in [0.29, 0.717) is 17.4 Å². The molecule has 1 saturated heterocycles. The molecule has 0 aromatic carbocycles. The maximum atomic E-state index is 13.2. The van der Waals surface area contributed by atoms with Crippen LogP contribution in [0.2, 0.25) is 0 Å². The molecule has 21 heavy (non-hydrogen) atoms. The second-order valence-electron chi connectivity index (χ2n) is 6.17. The van der Waals surface area contributed by atoms with Crippen molar-refractivity contribution in [1.29, 1.82) is 0 Å². The molecule has 3 nitrogen and oxygen atoms in total. The monoisotopic (exact) mass is 347 g/mol. The molecule has 0 amide bonds. The highest BCUT2D eigenvalue weighted by Crippen LogP contribution is 2.40. The van der Waals surface area contributed by atoms with Gasteiger partial charge in [-0.05, 0) is 49.5 Å².